The standard InChI is InChI=1S/C19H19NO4S2/c21-18(11-10-16-8-4-12-24-16)20-14-17(15-6-2-1-3-7-15)26(22,23)19-9-5-13-25-19/h1-9,12-13,17H,10-11,14H2,(H,20,21). The predicted molar refractivity (Wildman–Crippen MR) is 101 cm³/mol. The van der Waals surface area contributed by atoms with Crippen LogP contribution in [0.15, 0.2) is 74.9 Å². The molecule has 7 heteroatoms. The number of nitrogens with one attached hydrogen (secondary N) is 1. The molecule has 1 aromatic carbocycles. The lowest BCUT2D eigenvalue weighted by Crippen LogP contribution is -2.31. The molecule has 0 spiro atoms. The fraction of sp³-hybridized carbons (Fsp3) is 0.211. The van der Waals surface area contributed by atoms with E-state index in [2.05, 4.69) is 5.32 Å². The van der Waals surface area contributed by atoms with Crippen LogP contribution in [0.2, 0.25) is 0 Å². The minimum Gasteiger partial charge on any atom is -0.469 e. The number of thiophene rings is 1. The fourth-order valence-corrected chi connectivity index (χ4v) is 5.49. The van der Waals surface area contributed by atoms with Crippen molar-refractivity contribution in [3.05, 3.63) is 77.6 Å². The Morgan fingerprint density at radius 3 is 2.54 bits per heavy atom. The van der Waals surface area contributed by atoms with E-state index in [1.807, 2.05) is 6.07 Å². The maximum Gasteiger partial charge on any atom is 0.220 e. The first-order valence-corrected chi connectivity index (χ1v) is 10.6. The number of hydrogen-bond acceptors (Lipinski definition) is 5. The Morgan fingerprint density at radius 2 is 1.88 bits per heavy atom. The van der Waals surface area contributed by atoms with E-state index in [1.54, 1.807) is 60.2 Å². The van der Waals surface area contributed by atoms with Crippen molar-refractivity contribution in [2.24, 2.45) is 0 Å². The third kappa shape index (κ3) is 4.42. The Labute approximate surface area is 156 Å². The lowest BCUT2D eigenvalue weighted by molar-refractivity contribution is -0.121. The Balaban J connectivity index is 1.71. The van der Waals surface area contributed by atoms with E-state index in [4.69, 9.17) is 4.42 Å². The van der Waals surface area contributed by atoms with Crippen LogP contribution in [0.4, 0.5) is 0 Å². The quantitative estimate of drug-likeness (QED) is 0.639. The van der Waals surface area contributed by atoms with Crippen LogP contribution in [0.25, 0.3) is 0 Å². The van der Waals surface area contributed by atoms with Crippen LogP contribution >= 0.6 is 11.3 Å². The molecule has 1 N–H and O–H groups in total. The van der Waals surface area contributed by atoms with Crippen molar-refractivity contribution >= 4 is 27.1 Å². The summed E-state index contributed by atoms with van der Waals surface area (Å²) in [5, 5.41) is 3.67. The Hall–Kier alpha value is -2.38. The molecule has 26 heavy (non-hydrogen) atoms. The van der Waals surface area contributed by atoms with Crippen molar-refractivity contribution in [3.63, 3.8) is 0 Å². The highest BCUT2D eigenvalue weighted by molar-refractivity contribution is 7.93. The van der Waals surface area contributed by atoms with E-state index in [0.29, 0.717) is 16.2 Å². The number of sulfone groups is 1. The molecule has 0 aliphatic carbocycles. The second-order valence-corrected chi connectivity index (χ2v) is 9.06. The molecule has 5 nitrogen and oxygen atoms in total. The average Bonchev–Trinajstić information content (AvgIpc) is 3.35. The van der Waals surface area contributed by atoms with Crippen LogP contribution in [-0.2, 0) is 21.1 Å². The van der Waals surface area contributed by atoms with Crippen molar-refractivity contribution in [3.8, 4) is 0 Å². The molecular weight excluding hydrogens is 370 g/mol. The van der Waals surface area contributed by atoms with Gasteiger partial charge in [-0.2, -0.15) is 0 Å². The van der Waals surface area contributed by atoms with E-state index < -0.39 is 15.1 Å². The third-order valence-corrected chi connectivity index (χ3v) is 7.52. The van der Waals surface area contributed by atoms with Gasteiger partial charge in [-0.25, -0.2) is 8.42 Å². The van der Waals surface area contributed by atoms with Crippen LogP contribution in [0.3, 0.4) is 0 Å². The van der Waals surface area contributed by atoms with E-state index in [0.717, 1.165) is 5.76 Å². The fourth-order valence-electron chi connectivity index (χ4n) is 2.63. The molecule has 1 amide bonds. The Morgan fingerprint density at radius 1 is 1.08 bits per heavy atom. The van der Waals surface area contributed by atoms with Crippen LogP contribution < -0.4 is 5.32 Å². The molecule has 0 saturated carbocycles. The second-order valence-electron chi connectivity index (χ2n) is 5.76. The van der Waals surface area contributed by atoms with Crippen LogP contribution in [0.1, 0.15) is 23.0 Å². The number of rotatable bonds is 8. The van der Waals surface area contributed by atoms with Crippen molar-refractivity contribution in [2.75, 3.05) is 6.54 Å². The molecule has 0 aliphatic heterocycles. The van der Waals surface area contributed by atoms with Gasteiger partial charge in [0.25, 0.3) is 0 Å². The van der Waals surface area contributed by atoms with Gasteiger partial charge in [0.1, 0.15) is 15.2 Å². The van der Waals surface area contributed by atoms with Gasteiger partial charge < -0.3 is 9.73 Å². The van der Waals surface area contributed by atoms with Crippen molar-refractivity contribution in [1.29, 1.82) is 0 Å². The number of furan rings is 1. The van der Waals surface area contributed by atoms with Crippen LogP contribution in [-0.4, -0.2) is 20.9 Å². The van der Waals surface area contributed by atoms with Gasteiger partial charge in [-0.15, -0.1) is 11.3 Å². The summed E-state index contributed by atoms with van der Waals surface area (Å²) in [6.45, 7) is 0.0290. The number of benzene rings is 1. The lowest BCUT2D eigenvalue weighted by atomic mass is 10.1. The molecule has 0 bridgehead atoms. The van der Waals surface area contributed by atoms with Crippen molar-refractivity contribution in [1.82, 2.24) is 5.32 Å². The van der Waals surface area contributed by atoms with E-state index in [9.17, 15) is 13.2 Å². The van der Waals surface area contributed by atoms with Crippen molar-refractivity contribution < 1.29 is 17.6 Å². The maximum atomic E-state index is 13.0. The van der Waals surface area contributed by atoms with Crippen LogP contribution in [0.5, 0.6) is 0 Å². The normalized spacial score (nSPS) is 12.6. The van der Waals surface area contributed by atoms with Crippen LogP contribution in [0, 0.1) is 0 Å². The van der Waals surface area contributed by atoms with Gasteiger partial charge in [0.2, 0.25) is 5.91 Å². The number of amides is 1. The highest BCUT2D eigenvalue weighted by Crippen LogP contribution is 2.31. The summed E-state index contributed by atoms with van der Waals surface area (Å²) >= 11 is 1.18. The first kappa shape index (κ1) is 18.4. The minimum atomic E-state index is -3.58. The molecule has 2 heterocycles. The molecule has 1 unspecified atom stereocenters. The van der Waals surface area contributed by atoms with E-state index in [1.165, 1.54) is 11.3 Å². The molecule has 3 aromatic rings. The molecule has 3 rings (SSSR count). The molecule has 1 atom stereocenters. The summed E-state index contributed by atoms with van der Waals surface area (Å²) in [6, 6.07) is 15.8. The molecular formula is C19H19NO4S2. The van der Waals surface area contributed by atoms with Gasteiger partial charge >= 0.3 is 0 Å². The summed E-state index contributed by atoms with van der Waals surface area (Å²) in [5.41, 5.74) is 0.659. The topological polar surface area (TPSA) is 76.4 Å². The van der Waals surface area contributed by atoms with Crippen molar-refractivity contribution in [2.45, 2.75) is 22.3 Å². The zero-order chi connectivity index (χ0) is 18.4. The molecule has 0 fully saturated rings. The highest BCUT2D eigenvalue weighted by atomic mass is 32.2. The van der Waals surface area contributed by atoms with E-state index in [-0.39, 0.29) is 18.9 Å². The average molecular weight is 389 g/mol. The SMILES string of the molecule is O=C(CCc1ccco1)NCC(c1ccccc1)S(=O)(=O)c1cccs1. The van der Waals surface area contributed by atoms with Gasteiger partial charge in [0, 0.05) is 19.4 Å². The molecule has 0 radical (unpaired) electrons. The lowest BCUT2D eigenvalue weighted by Gasteiger charge is -2.18. The number of carbonyl (C=O) groups is 1. The molecule has 0 saturated heterocycles. The van der Waals surface area contributed by atoms with E-state index >= 15 is 0 Å². The monoisotopic (exact) mass is 389 g/mol. The number of aryl methyl sites for hydroxylation is 1. The summed E-state index contributed by atoms with van der Waals surface area (Å²) in [5.74, 6) is 0.523. The number of hydrogen-bond donors (Lipinski definition) is 1. The summed E-state index contributed by atoms with van der Waals surface area (Å²) in [6.07, 6.45) is 2.28. The van der Waals surface area contributed by atoms with Gasteiger partial charge in [0.15, 0.2) is 9.84 Å². The van der Waals surface area contributed by atoms with Gasteiger partial charge in [-0.3, -0.25) is 4.79 Å². The first-order valence-electron chi connectivity index (χ1n) is 8.19. The Kier molecular flexibility index (Phi) is 5.90. The highest BCUT2D eigenvalue weighted by Gasteiger charge is 2.30. The second kappa shape index (κ2) is 8.33. The largest absolute Gasteiger partial charge is 0.469 e. The van der Waals surface area contributed by atoms with Gasteiger partial charge in [-0.05, 0) is 29.1 Å². The Bertz CT molecular complexity index is 917. The number of carbonyl (C=O) groups excluding carboxylic acids is 1. The third-order valence-electron chi connectivity index (χ3n) is 3.98. The minimum absolute atomic E-state index is 0.0290. The molecule has 0 aliphatic rings. The van der Waals surface area contributed by atoms with Gasteiger partial charge in [0.05, 0.1) is 6.26 Å². The predicted octanol–water partition coefficient (Wildman–Crippen LogP) is 3.61. The molecule has 2 aromatic heterocycles. The smallest absolute Gasteiger partial charge is 0.220 e. The summed E-state index contributed by atoms with van der Waals surface area (Å²) < 4.78 is 31.5. The zero-order valence-electron chi connectivity index (χ0n) is 14.0. The zero-order valence-corrected chi connectivity index (χ0v) is 15.6. The molecule has 136 valence electrons. The first-order chi connectivity index (χ1) is 12.6. The maximum absolute atomic E-state index is 13.0. The summed E-state index contributed by atoms with van der Waals surface area (Å²) in [4.78, 5) is 12.1. The van der Waals surface area contributed by atoms with Gasteiger partial charge in [-0.1, -0.05) is 36.4 Å². The summed E-state index contributed by atoms with van der Waals surface area (Å²) in [7, 11) is -3.58.